The van der Waals surface area contributed by atoms with Crippen molar-refractivity contribution < 1.29 is 4.79 Å². The first-order chi connectivity index (χ1) is 10.7. The van der Waals surface area contributed by atoms with E-state index >= 15 is 0 Å². The summed E-state index contributed by atoms with van der Waals surface area (Å²) in [7, 11) is 0. The normalized spacial score (nSPS) is 14.1. The Labute approximate surface area is 131 Å². The monoisotopic (exact) mass is 295 g/mol. The molecule has 22 heavy (non-hydrogen) atoms. The van der Waals surface area contributed by atoms with Gasteiger partial charge in [-0.1, -0.05) is 29.8 Å². The maximum atomic E-state index is 12.4. The Bertz CT molecular complexity index is 663. The molecule has 2 heterocycles. The van der Waals surface area contributed by atoms with Gasteiger partial charge in [0, 0.05) is 31.5 Å². The number of rotatable bonds is 4. The molecule has 1 aromatic heterocycles. The van der Waals surface area contributed by atoms with Gasteiger partial charge in [-0.25, -0.2) is 0 Å². The largest absolute Gasteiger partial charge is 0.381 e. The lowest BCUT2D eigenvalue weighted by Gasteiger charge is -2.15. The van der Waals surface area contributed by atoms with Crippen LogP contribution in [0.2, 0.25) is 0 Å². The van der Waals surface area contributed by atoms with Crippen molar-refractivity contribution in [2.45, 2.75) is 26.3 Å². The summed E-state index contributed by atoms with van der Waals surface area (Å²) in [5.41, 5.74) is 3.93. The minimum atomic E-state index is 0.0386. The maximum absolute atomic E-state index is 12.4. The molecule has 0 spiro atoms. The van der Waals surface area contributed by atoms with Crippen LogP contribution in [0.25, 0.3) is 0 Å². The molecule has 1 saturated heterocycles. The fraction of sp³-hybridized carbons (Fsp3) is 0.333. The van der Waals surface area contributed by atoms with Gasteiger partial charge in [-0.05, 0) is 37.5 Å². The van der Waals surface area contributed by atoms with E-state index in [0.717, 1.165) is 38.2 Å². The summed E-state index contributed by atoms with van der Waals surface area (Å²) in [6.45, 7) is 4.52. The smallest absolute Gasteiger partial charge is 0.272 e. The summed E-state index contributed by atoms with van der Waals surface area (Å²) >= 11 is 0. The van der Waals surface area contributed by atoms with Crippen LogP contribution in [0.3, 0.4) is 0 Å². The first kappa shape index (κ1) is 14.6. The summed E-state index contributed by atoms with van der Waals surface area (Å²) in [6, 6.07) is 12.1. The van der Waals surface area contributed by atoms with Crippen molar-refractivity contribution in [2.24, 2.45) is 0 Å². The van der Waals surface area contributed by atoms with E-state index in [1.165, 1.54) is 11.1 Å². The third kappa shape index (κ3) is 3.45. The molecule has 1 aliphatic rings. The number of carbonyl (C=O) groups is 1. The molecule has 3 rings (SSSR count). The quantitative estimate of drug-likeness (QED) is 0.942. The molecule has 114 valence electrons. The van der Waals surface area contributed by atoms with E-state index in [-0.39, 0.29) is 5.91 Å². The number of pyridine rings is 1. The second-order valence-electron chi connectivity index (χ2n) is 5.77. The Hall–Kier alpha value is -2.36. The first-order valence-electron chi connectivity index (χ1n) is 7.77. The first-order valence-corrected chi connectivity index (χ1v) is 7.77. The van der Waals surface area contributed by atoms with Crippen LogP contribution >= 0.6 is 0 Å². The number of nitrogens with one attached hydrogen (secondary N) is 1. The standard InChI is InChI=1S/C18H21N3O/c1-14-5-4-6-15(11-14)13-20-16-7-8-19-17(12-16)18(22)21-9-2-3-10-21/h4-8,11-12H,2-3,9-10,13H2,1H3,(H,19,20). The summed E-state index contributed by atoms with van der Waals surface area (Å²) in [6.07, 6.45) is 3.88. The molecule has 0 saturated carbocycles. The number of nitrogens with zero attached hydrogens (tertiary/aromatic N) is 2. The average molecular weight is 295 g/mol. The second-order valence-corrected chi connectivity index (χ2v) is 5.77. The van der Waals surface area contributed by atoms with Crippen molar-refractivity contribution in [1.29, 1.82) is 0 Å². The number of anilines is 1. The van der Waals surface area contributed by atoms with Gasteiger partial charge in [-0.2, -0.15) is 0 Å². The molecule has 4 nitrogen and oxygen atoms in total. The topological polar surface area (TPSA) is 45.2 Å². The summed E-state index contributed by atoms with van der Waals surface area (Å²) in [5.74, 6) is 0.0386. The Morgan fingerprint density at radius 2 is 2.05 bits per heavy atom. The molecule has 4 heteroatoms. The molecule has 1 aliphatic heterocycles. The number of benzene rings is 1. The second kappa shape index (κ2) is 6.60. The van der Waals surface area contributed by atoms with Crippen LogP contribution in [0, 0.1) is 6.92 Å². The lowest BCUT2D eigenvalue weighted by molar-refractivity contribution is 0.0787. The number of aryl methyl sites for hydroxylation is 1. The fourth-order valence-corrected chi connectivity index (χ4v) is 2.77. The summed E-state index contributed by atoms with van der Waals surface area (Å²) in [5, 5.41) is 3.36. The number of amides is 1. The minimum absolute atomic E-state index is 0.0386. The van der Waals surface area contributed by atoms with Crippen molar-refractivity contribution in [2.75, 3.05) is 18.4 Å². The minimum Gasteiger partial charge on any atom is -0.381 e. The predicted molar refractivity (Wildman–Crippen MR) is 87.9 cm³/mol. The summed E-state index contributed by atoms with van der Waals surface area (Å²) in [4.78, 5) is 18.5. The number of aromatic nitrogens is 1. The molecule has 0 unspecified atom stereocenters. The van der Waals surface area contributed by atoms with Gasteiger partial charge in [0.2, 0.25) is 0 Å². The highest BCUT2D eigenvalue weighted by molar-refractivity contribution is 5.93. The van der Waals surface area contributed by atoms with Gasteiger partial charge in [0.05, 0.1) is 0 Å². The molecule has 0 atom stereocenters. The van der Waals surface area contributed by atoms with Gasteiger partial charge in [0.1, 0.15) is 5.69 Å². The molecule has 1 aromatic carbocycles. The number of carbonyl (C=O) groups excluding carboxylic acids is 1. The Kier molecular flexibility index (Phi) is 4.37. The SMILES string of the molecule is Cc1cccc(CNc2ccnc(C(=O)N3CCCC3)c2)c1. The van der Waals surface area contributed by atoms with E-state index in [1.807, 2.05) is 17.0 Å². The van der Waals surface area contributed by atoms with Gasteiger partial charge in [-0.3, -0.25) is 9.78 Å². The van der Waals surface area contributed by atoms with Gasteiger partial charge >= 0.3 is 0 Å². The van der Waals surface area contributed by atoms with Crippen LogP contribution in [0.4, 0.5) is 5.69 Å². The number of hydrogen-bond donors (Lipinski definition) is 1. The highest BCUT2D eigenvalue weighted by Crippen LogP contribution is 2.15. The van der Waals surface area contributed by atoms with Gasteiger partial charge in [-0.15, -0.1) is 0 Å². The maximum Gasteiger partial charge on any atom is 0.272 e. The Morgan fingerprint density at radius 1 is 1.23 bits per heavy atom. The van der Waals surface area contributed by atoms with Gasteiger partial charge in [0.15, 0.2) is 0 Å². The average Bonchev–Trinajstić information content (AvgIpc) is 3.07. The zero-order valence-electron chi connectivity index (χ0n) is 12.9. The zero-order chi connectivity index (χ0) is 15.4. The molecule has 0 aliphatic carbocycles. The summed E-state index contributed by atoms with van der Waals surface area (Å²) < 4.78 is 0. The Balaban J connectivity index is 1.67. The lowest BCUT2D eigenvalue weighted by atomic mass is 10.1. The predicted octanol–water partition coefficient (Wildman–Crippen LogP) is 3.24. The van der Waals surface area contributed by atoms with Crippen LogP contribution < -0.4 is 5.32 Å². The van der Waals surface area contributed by atoms with E-state index in [1.54, 1.807) is 6.20 Å². The third-order valence-electron chi connectivity index (χ3n) is 3.95. The van der Waals surface area contributed by atoms with Crippen LogP contribution in [0.1, 0.15) is 34.5 Å². The van der Waals surface area contributed by atoms with Crippen molar-refractivity contribution in [3.05, 3.63) is 59.4 Å². The van der Waals surface area contributed by atoms with Crippen molar-refractivity contribution in [3.63, 3.8) is 0 Å². The van der Waals surface area contributed by atoms with Crippen LogP contribution in [0.15, 0.2) is 42.6 Å². The number of likely N-dealkylation sites (tertiary alicyclic amines) is 1. The van der Waals surface area contributed by atoms with Crippen molar-refractivity contribution in [3.8, 4) is 0 Å². The molecule has 1 amide bonds. The van der Waals surface area contributed by atoms with Crippen LogP contribution in [0.5, 0.6) is 0 Å². The molecule has 2 aromatic rings. The van der Waals surface area contributed by atoms with Gasteiger partial charge in [0.25, 0.3) is 5.91 Å². The molecule has 0 bridgehead atoms. The van der Waals surface area contributed by atoms with E-state index in [4.69, 9.17) is 0 Å². The molecular weight excluding hydrogens is 274 g/mol. The van der Waals surface area contributed by atoms with E-state index in [2.05, 4.69) is 41.5 Å². The van der Waals surface area contributed by atoms with E-state index < -0.39 is 0 Å². The molecule has 1 fully saturated rings. The Morgan fingerprint density at radius 3 is 2.82 bits per heavy atom. The lowest BCUT2D eigenvalue weighted by Crippen LogP contribution is -2.28. The molecular formula is C18H21N3O. The third-order valence-corrected chi connectivity index (χ3v) is 3.95. The highest BCUT2D eigenvalue weighted by Gasteiger charge is 2.20. The van der Waals surface area contributed by atoms with Crippen LogP contribution in [-0.2, 0) is 6.54 Å². The molecule has 1 N–H and O–H groups in total. The van der Waals surface area contributed by atoms with Gasteiger partial charge < -0.3 is 10.2 Å². The highest BCUT2D eigenvalue weighted by atomic mass is 16.2. The van der Waals surface area contributed by atoms with Crippen LogP contribution in [-0.4, -0.2) is 28.9 Å². The fourth-order valence-electron chi connectivity index (χ4n) is 2.77. The van der Waals surface area contributed by atoms with E-state index in [9.17, 15) is 4.79 Å². The van der Waals surface area contributed by atoms with Crippen molar-refractivity contribution >= 4 is 11.6 Å². The molecule has 0 radical (unpaired) electrons. The van der Waals surface area contributed by atoms with E-state index in [0.29, 0.717) is 5.69 Å². The van der Waals surface area contributed by atoms with Crippen molar-refractivity contribution in [1.82, 2.24) is 9.88 Å². The number of hydrogen-bond acceptors (Lipinski definition) is 3. The zero-order valence-corrected chi connectivity index (χ0v) is 12.9.